The van der Waals surface area contributed by atoms with E-state index in [1.165, 1.54) is 0 Å². The molecule has 0 aromatic heterocycles. The van der Waals surface area contributed by atoms with Gasteiger partial charge in [0, 0.05) is 13.1 Å². The van der Waals surface area contributed by atoms with Gasteiger partial charge in [-0.2, -0.15) is 0 Å². The lowest BCUT2D eigenvalue weighted by Crippen LogP contribution is -2.38. The summed E-state index contributed by atoms with van der Waals surface area (Å²) >= 11 is 0.868. The highest BCUT2D eigenvalue weighted by Crippen LogP contribution is 2.36. The van der Waals surface area contributed by atoms with Crippen LogP contribution in [0.25, 0.3) is 6.08 Å². The van der Waals surface area contributed by atoms with E-state index in [1.807, 2.05) is 32.0 Å². The molecular formula is C23H22N2O6S. The molecule has 2 aliphatic heterocycles. The number of benzene rings is 2. The van der Waals surface area contributed by atoms with Crippen molar-refractivity contribution in [1.29, 1.82) is 0 Å². The Bertz CT molecular complexity index is 1110. The smallest absolute Gasteiger partial charge is 0.293 e. The summed E-state index contributed by atoms with van der Waals surface area (Å²) in [6.07, 6.45) is 1.64. The minimum absolute atomic E-state index is 0.0817. The molecule has 0 atom stereocenters. The Labute approximate surface area is 189 Å². The van der Waals surface area contributed by atoms with Crippen molar-refractivity contribution < 1.29 is 28.6 Å². The molecule has 0 spiro atoms. The Morgan fingerprint density at radius 1 is 1.19 bits per heavy atom. The minimum Gasteiger partial charge on any atom is -0.483 e. The van der Waals surface area contributed by atoms with Gasteiger partial charge in [-0.15, -0.1) is 0 Å². The maximum atomic E-state index is 12.6. The number of fused-ring (bicyclic) bond motifs is 1. The monoisotopic (exact) mass is 454 g/mol. The predicted octanol–water partition coefficient (Wildman–Crippen LogP) is 3.26. The van der Waals surface area contributed by atoms with Gasteiger partial charge >= 0.3 is 0 Å². The van der Waals surface area contributed by atoms with Crippen molar-refractivity contribution in [2.75, 3.05) is 26.5 Å². The van der Waals surface area contributed by atoms with Gasteiger partial charge in [0.1, 0.15) is 5.75 Å². The van der Waals surface area contributed by atoms with E-state index in [9.17, 15) is 14.4 Å². The van der Waals surface area contributed by atoms with Crippen LogP contribution in [0.2, 0.25) is 0 Å². The van der Waals surface area contributed by atoms with Crippen molar-refractivity contribution in [3.8, 4) is 17.2 Å². The van der Waals surface area contributed by atoms with Crippen LogP contribution in [0.3, 0.4) is 0 Å². The molecule has 2 aromatic carbocycles. The van der Waals surface area contributed by atoms with Gasteiger partial charge in [0.25, 0.3) is 17.1 Å². The molecular weight excluding hydrogens is 432 g/mol. The van der Waals surface area contributed by atoms with Gasteiger partial charge in [0.05, 0.1) is 4.91 Å². The third-order valence-corrected chi connectivity index (χ3v) is 6.05. The van der Waals surface area contributed by atoms with Gasteiger partial charge < -0.3 is 19.5 Å². The second-order valence-corrected chi connectivity index (χ2v) is 8.28. The molecule has 1 saturated heterocycles. The summed E-state index contributed by atoms with van der Waals surface area (Å²) in [6.45, 7) is 4.15. The SMILES string of the molecule is Cc1cccc(OCC(=O)NCCN2C(=O)S/C(=C\c3ccc4c(c3)OCO4)C2=O)c1C. The Hall–Kier alpha value is -3.46. The second-order valence-electron chi connectivity index (χ2n) is 7.28. The molecule has 4 rings (SSSR count). The van der Waals surface area contributed by atoms with Crippen LogP contribution in [0.1, 0.15) is 16.7 Å². The fourth-order valence-electron chi connectivity index (χ4n) is 3.23. The molecule has 9 heteroatoms. The fraction of sp³-hybridized carbons (Fsp3) is 0.261. The summed E-state index contributed by atoms with van der Waals surface area (Å²) in [5.41, 5.74) is 2.79. The van der Waals surface area contributed by atoms with Crippen molar-refractivity contribution in [3.63, 3.8) is 0 Å². The molecule has 3 amide bonds. The Morgan fingerprint density at radius 2 is 2.00 bits per heavy atom. The number of hydrogen-bond donors (Lipinski definition) is 1. The Morgan fingerprint density at radius 3 is 2.84 bits per heavy atom. The van der Waals surface area contributed by atoms with Crippen LogP contribution in [0.5, 0.6) is 17.2 Å². The van der Waals surface area contributed by atoms with Crippen LogP contribution < -0.4 is 19.5 Å². The number of nitrogens with one attached hydrogen (secondary N) is 1. The number of carbonyl (C=O) groups is 3. The molecule has 166 valence electrons. The third-order valence-electron chi connectivity index (χ3n) is 5.14. The quantitative estimate of drug-likeness (QED) is 0.642. The summed E-state index contributed by atoms with van der Waals surface area (Å²) in [6, 6.07) is 11.0. The number of thioether (sulfide) groups is 1. The first kappa shape index (κ1) is 21.8. The molecule has 2 aromatic rings. The van der Waals surface area contributed by atoms with E-state index in [1.54, 1.807) is 24.3 Å². The van der Waals surface area contributed by atoms with Crippen molar-refractivity contribution in [2.45, 2.75) is 13.8 Å². The van der Waals surface area contributed by atoms with E-state index in [0.29, 0.717) is 22.2 Å². The minimum atomic E-state index is -0.390. The van der Waals surface area contributed by atoms with Crippen LogP contribution in [0, 0.1) is 13.8 Å². The predicted molar refractivity (Wildman–Crippen MR) is 120 cm³/mol. The molecule has 32 heavy (non-hydrogen) atoms. The molecule has 2 heterocycles. The van der Waals surface area contributed by atoms with Crippen LogP contribution in [-0.4, -0.2) is 48.4 Å². The zero-order valence-corrected chi connectivity index (χ0v) is 18.5. The molecule has 1 fully saturated rings. The maximum absolute atomic E-state index is 12.6. The maximum Gasteiger partial charge on any atom is 0.293 e. The van der Waals surface area contributed by atoms with Crippen molar-refractivity contribution >= 4 is 34.9 Å². The molecule has 0 aliphatic carbocycles. The van der Waals surface area contributed by atoms with E-state index in [0.717, 1.165) is 33.4 Å². The van der Waals surface area contributed by atoms with Crippen molar-refractivity contribution in [2.24, 2.45) is 0 Å². The molecule has 8 nitrogen and oxygen atoms in total. The molecule has 0 unspecified atom stereocenters. The summed E-state index contributed by atoms with van der Waals surface area (Å²) in [5, 5.41) is 2.31. The summed E-state index contributed by atoms with van der Waals surface area (Å²) < 4.78 is 16.2. The molecule has 0 bridgehead atoms. The highest BCUT2D eigenvalue weighted by molar-refractivity contribution is 8.18. The van der Waals surface area contributed by atoms with Gasteiger partial charge in [-0.05, 0) is 66.6 Å². The lowest BCUT2D eigenvalue weighted by molar-refractivity contribution is -0.125. The second kappa shape index (κ2) is 9.35. The molecule has 0 saturated carbocycles. The van der Waals surface area contributed by atoms with Gasteiger partial charge in [-0.3, -0.25) is 19.3 Å². The number of amides is 3. The summed E-state index contributed by atoms with van der Waals surface area (Å²) in [4.78, 5) is 38.4. The van der Waals surface area contributed by atoms with Crippen LogP contribution in [-0.2, 0) is 9.59 Å². The van der Waals surface area contributed by atoms with Crippen LogP contribution in [0.15, 0.2) is 41.3 Å². The topological polar surface area (TPSA) is 94.2 Å². The third kappa shape index (κ3) is 4.72. The Balaban J connectivity index is 1.28. The van der Waals surface area contributed by atoms with E-state index in [2.05, 4.69) is 5.32 Å². The van der Waals surface area contributed by atoms with Gasteiger partial charge in [0.2, 0.25) is 6.79 Å². The van der Waals surface area contributed by atoms with E-state index < -0.39 is 5.91 Å². The Kier molecular flexibility index (Phi) is 6.36. The number of ether oxygens (including phenoxy) is 3. The summed E-state index contributed by atoms with van der Waals surface area (Å²) in [5.74, 6) is 1.18. The van der Waals surface area contributed by atoms with Gasteiger partial charge in [-0.1, -0.05) is 18.2 Å². The van der Waals surface area contributed by atoms with E-state index >= 15 is 0 Å². The first-order valence-corrected chi connectivity index (χ1v) is 10.8. The number of carbonyl (C=O) groups excluding carboxylic acids is 3. The van der Waals surface area contributed by atoms with Crippen molar-refractivity contribution in [1.82, 2.24) is 10.2 Å². The highest BCUT2D eigenvalue weighted by atomic mass is 32.2. The number of hydrogen-bond acceptors (Lipinski definition) is 7. The largest absolute Gasteiger partial charge is 0.483 e. The standard InChI is InChI=1S/C23H22N2O6S/c1-14-4-3-5-17(15(14)2)29-12-21(26)24-8-9-25-22(27)20(32-23(25)28)11-16-6-7-18-19(10-16)31-13-30-18/h3-7,10-11H,8-9,12-13H2,1-2H3,(H,24,26)/b20-11-. The average Bonchev–Trinajstić information content (AvgIpc) is 3.34. The zero-order valence-electron chi connectivity index (χ0n) is 17.7. The first-order valence-electron chi connectivity index (χ1n) is 10.0. The molecule has 0 radical (unpaired) electrons. The number of nitrogens with zero attached hydrogens (tertiary/aromatic N) is 1. The summed E-state index contributed by atoms with van der Waals surface area (Å²) in [7, 11) is 0. The van der Waals surface area contributed by atoms with Gasteiger partial charge in [0.15, 0.2) is 18.1 Å². The number of imide groups is 1. The number of rotatable bonds is 7. The average molecular weight is 455 g/mol. The molecule has 1 N–H and O–H groups in total. The lowest BCUT2D eigenvalue weighted by atomic mass is 10.1. The van der Waals surface area contributed by atoms with E-state index in [-0.39, 0.29) is 37.6 Å². The van der Waals surface area contributed by atoms with E-state index in [4.69, 9.17) is 14.2 Å². The van der Waals surface area contributed by atoms with Gasteiger partial charge in [-0.25, -0.2) is 0 Å². The van der Waals surface area contributed by atoms with Crippen LogP contribution in [0.4, 0.5) is 4.79 Å². The zero-order chi connectivity index (χ0) is 22.7. The van der Waals surface area contributed by atoms with Crippen LogP contribution >= 0.6 is 11.8 Å². The number of aryl methyl sites for hydroxylation is 1. The highest BCUT2D eigenvalue weighted by Gasteiger charge is 2.34. The fourth-order valence-corrected chi connectivity index (χ4v) is 4.09. The first-order chi connectivity index (χ1) is 15.4. The normalized spacial score (nSPS) is 16.1. The lowest BCUT2D eigenvalue weighted by Gasteiger charge is -2.14. The van der Waals surface area contributed by atoms with Crippen molar-refractivity contribution in [3.05, 3.63) is 58.0 Å². The molecule has 2 aliphatic rings.